The second-order valence-corrected chi connectivity index (χ2v) is 4.47. The van der Waals surface area contributed by atoms with E-state index in [2.05, 4.69) is 4.98 Å². The van der Waals surface area contributed by atoms with E-state index in [0.717, 1.165) is 23.6 Å². The Labute approximate surface area is 104 Å². The van der Waals surface area contributed by atoms with Crippen LogP contribution in [0.1, 0.15) is 6.42 Å². The number of benzene rings is 1. The predicted molar refractivity (Wildman–Crippen MR) is 68.2 cm³/mol. The maximum Gasteiger partial charge on any atom is 0.255 e. The standard InChI is InChI=1S/C12H14N2O2S/c13-10-3-1-4-11(9-10)15-6-2-8-17-12-14-5-7-16-12/h1,3-5,7,9H,2,6,8,13H2. The highest BCUT2D eigenvalue weighted by Crippen LogP contribution is 2.17. The fourth-order valence-electron chi connectivity index (χ4n) is 1.29. The van der Waals surface area contributed by atoms with Gasteiger partial charge in [0.15, 0.2) is 0 Å². The Morgan fingerprint density at radius 2 is 2.35 bits per heavy atom. The maximum absolute atomic E-state index is 5.65. The first kappa shape index (κ1) is 11.9. The number of oxazole rings is 1. The van der Waals surface area contributed by atoms with E-state index < -0.39 is 0 Å². The lowest BCUT2D eigenvalue weighted by Gasteiger charge is -2.05. The van der Waals surface area contributed by atoms with Gasteiger partial charge in [0.05, 0.1) is 12.8 Å². The molecule has 0 bridgehead atoms. The van der Waals surface area contributed by atoms with E-state index >= 15 is 0 Å². The van der Waals surface area contributed by atoms with E-state index in [0.29, 0.717) is 11.8 Å². The van der Waals surface area contributed by atoms with E-state index in [1.54, 1.807) is 24.2 Å². The van der Waals surface area contributed by atoms with Crippen molar-refractivity contribution in [3.05, 3.63) is 36.7 Å². The van der Waals surface area contributed by atoms with Crippen LogP contribution in [0.4, 0.5) is 5.69 Å². The molecule has 2 rings (SSSR count). The molecule has 0 radical (unpaired) electrons. The van der Waals surface area contributed by atoms with Crippen molar-refractivity contribution in [2.24, 2.45) is 0 Å². The minimum absolute atomic E-state index is 0.664. The average Bonchev–Trinajstić information content (AvgIpc) is 2.82. The number of hydrogen-bond acceptors (Lipinski definition) is 5. The molecule has 2 aromatic rings. The zero-order valence-corrected chi connectivity index (χ0v) is 10.2. The van der Waals surface area contributed by atoms with Gasteiger partial charge in [-0.15, -0.1) is 0 Å². The molecule has 90 valence electrons. The van der Waals surface area contributed by atoms with Gasteiger partial charge in [0, 0.05) is 17.5 Å². The lowest BCUT2D eigenvalue weighted by atomic mass is 10.3. The predicted octanol–water partition coefficient (Wildman–Crippen LogP) is 2.82. The van der Waals surface area contributed by atoms with Crippen LogP contribution in [0, 0.1) is 0 Å². The topological polar surface area (TPSA) is 61.3 Å². The Morgan fingerprint density at radius 1 is 1.41 bits per heavy atom. The third-order valence-corrected chi connectivity index (χ3v) is 2.99. The van der Waals surface area contributed by atoms with Gasteiger partial charge >= 0.3 is 0 Å². The maximum atomic E-state index is 5.65. The Hall–Kier alpha value is -1.62. The molecule has 4 nitrogen and oxygen atoms in total. The van der Waals surface area contributed by atoms with Gasteiger partial charge in [0.2, 0.25) is 0 Å². The number of aromatic nitrogens is 1. The third kappa shape index (κ3) is 4.03. The summed E-state index contributed by atoms with van der Waals surface area (Å²) in [6.45, 7) is 0.664. The van der Waals surface area contributed by atoms with Crippen molar-refractivity contribution in [1.29, 1.82) is 0 Å². The number of nitrogens with zero attached hydrogens (tertiary/aromatic N) is 1. The highest BCUT2D eigenvalue weighted by molar-refractivity contribution is 7.99. The molecular formula is C12H14N2O2S. The highest BCUT2D eigenvalue weighted by Gasteiger charge is 1.98. The Morgan fingerprint density at radius 3 is 3.12 bits per heavy atom. The Kier molecular flexibility index (Phi) is 4.32. The van der Waals surface area contributed by atoms with E-state index in [4.69, 9.17) is 14.9 Å². The van der Waals surface area contributed by atoms with Crippen LogP contribution < -0.4 is 10.5 Å². The number of rotatable bonds is 6. The van der Waals surface area contributed by atoms with Crippen LogP contribution in [0.25, 0.3) is 0 Å². The SMILES string of the molecule is Nc1cccc(OCCCSc2ncco2)c1. The van der Waals surface area contributed by atoms with Crippen molar-refractivity contribution in [3.8, 4) is 5.75 Å². The van der Waals surface area contributed by atoms with Gasteiger partial charge in [-0.3, -0.25) is 0 Å². The third-order valence-electron chi connectivity index (χ3n) is 2.05. The minimum atomic E-state index is 0.664. The van der Waals surface area contributed by atoms with Gasteiger partial charge < -0.3 is 14.9 Å². The molecule has 0 aliphatic carbocycles. The van der Waals surface area contributed by atoms with Crippen molar-refractivity contribution >= 4 is 17.4 Å². The normalized spacial score (nSPS) is 10.4. The van der Waals surface area contributed by atoms with Gasteiger partial charge in [-0.05, 0) is 18.6 Å². The van der Waals surface area contributed by atoms with E-state index in [-0.39, 0.29) is 0 Å². The smallest absolute Gasteiger partial charge is 0.255 e. The van der Waals surface area contributed by atoms with Crippen molar-refractivity contribution in [2.45, 2.75) is 11.6 Å². The molecule has 1 aromatic carbocycles. The van der Waals surface area contributed by atoms with E-state index in [1.807, 2.05) is 24.3 Å². The molecule has 1 heterocycles. The van der Waals surface area contributed by atoms with Gasteiger partial charge in [0.25, 0.3) is 5.22 Å². The summed E-state index contributed by atoms with van der Waals surface area (Å²) in [5.74, 6) is 1.73. The minimum Gasteiger partial charge on any atom is -0.493 e. The molecule has 0 atom stereocenters. The number of nitrogen functional groups attached to an aromatic ring is 1. The molecule has 0 fully saturated rings. The van der Waals surface area contributed by atoms with Crippen molar-refractivity contribution in [3.63, 3.8) is 0 Å². The first-order valence-corrected chi connectivity index (χ1v) is 6.34. The van der Waals surface area contributed by atoms with Crippen LogP contribution >= 0.6 is 11.8 Å². The van der Waals surface area contributed by atoms with Gasteiger partial charge in [-0.1, -0.05) is 17.8 Å². The van der Waals surface area contributed by atoms with Crippen LogP contribution in [0.15, 0.2) is 46.4 Å². The van der Waals surface area contributed by atoms with Gasteiger partial charge in [0.1, 0.15) is 12.0 Å². The molecule has 0 saturated carbocycles. The average molecular weight is 250 g/mol. The molecule has 0 amide bonds. The summed E-state index contributed by atoms with van der Waals surface area (Å²) in [6.07, 6.45) is 4.15. The van der Waals surface area contributed by atoms with Crippen LogP contribution in [0.3, 0.4) is 0 Å². The highest BCUT2D eigenvalue weighted by atomic mass is 32.2. The molecule has 17 heavy (non-hydrogen) atoms. The second kappa shape index (κ2) is 6.20. The first-order chi connectivity index (χ1) is 8.34. The van der Waals surface area contributed by atoms with Crippen molar-refractivity contribution in [2.75, 3.05) is 18.1 Å². The summed E-state index contributed by atoms with van der Waals surface area (Å²) in [5.41, 5.74) is 6.37. The van der Waals surface area contributed by atoms with Gasteiger partial charge in [-0.2, -0.15) is 0 Å². The molecule has 0 unspecified atom stereocenters. The monoisotopic (exact) mass is 250 g/mol. The molecule has 0 aliphatic rings. The fourth-order valence-corrected chi connectivity index (χ4v) is 1.99. The Balaban J connectivity index is 1.63. The first-order valence-electron chi connectivity index (χ1n) is 5.35. The molecular weight excluding hydrogens is 236 g/mol. The molecule has 0 aliphatic heterocycles. The molecule has 2 N–H and O–H groups in total. The lowest BCUT2D eigenvalue weighted by molar-refractivity contribution is 0.318. The summed E-state index contributed by atoms with van der Waals surface area (Å²) in [7, 11) is 0. The zero-order chi connectivity index (χ0) is 11.9. The van der Waals surface area contributed by atoms with Gasteiger partial charge in [-0.25, -0.2) is 4.98 Å². The van der Waals surface area contributed by atoms with E-state index in [1.165, 1.54) is 0 Å². The lowest BCUT2D eigenvalue weighted by Crippen LogP contribution is -1.99. The van der Waals surface area contributed by atoms with E-state index in [9.17, 15) is 0 Å². The van der Waals surface area contributed by atoms with Crippen molar-refractivity contribution < 1.29 is 9.15 Å². The molecule has 0 spiro atoms. The fraction of sp³-hybridized carbons (Fsp3) is 0.250. The van der Waals surface area contributed by atoms with Crippen LogP contribution in [0.5, 0.6) is 5.75 Å². The van der Waals surface area contributed by atoms with Crippen LogP contribution in [-0.4, -0.2) is 17.3 Å². The number of anilines is 1. The van der Waals surface area contributed by atoms with Crippen LogP contribution in [0.2, 0.25) is 0 Å². The summed E-state index contributed by atoms with van der Waals surface area (Å²) in [6, 6.07) is 7.44. The van der Waals surface area contributed by atoms with Crippen molar-refractivity contribution in [1.82, 2.24) is 4.98 Å². The Bertz CT molecular complexity index is 446. The summed E-state index contributed by atoms with van der Waals surface area (Å²) in [4.78, 5) is 4.02. The van der Waals surface area contributed by atoms with Crippen LogP contribution in [-0.2, 0) is 0 Å². The summed E-state index contributed by atoms with van der Waals surface area (Å²) >= 11 is 1.58. The molecule has 1 aromatic heterocycles. The number of hydrogen-bond donors (Lipinski definition) is 1. The number of ether oxygens (including phenoxy) is 1. The zero-order valence-electron chi connectivity index (χ0n) is 9.33. The molecule has 5 heteroatoms. The largest absolute Gasteiger partial charge is 0.493 e. The number of nitrogens with two attached hydrogens (primary N) is 1. The summed E-state index contributed by atoms with van der Waals surface area (Å²) in [5, 5.41) is 0.703. The quantitative estimate of drug-likeness (QED) is 0.485. The number of thioether (sulfide) groups is 1. The second-order valence-electron chi connectivity index (χ2n) is 3.42. The summed E-state index contributed by atoms with van der Waals surface area (Å²) < 4.78 is 10.7. The molecule has 0 saturated heterocycles.